The van der Waals surface area contributed by atoms with Gasteiger partial charge in [-0.3, -0.25) is 4.79 Å². The van der Waals surface area contributed by atoms with Gasteiger partial charge in [-0.15, -0.1) is 0 Å². The van der Waals surface area contributed by atoms with Gasteiger partial charge in [0.25, 0.3) is 0 Å². The van der Waals surface area contributed by atoms with Crippen LogP contribution in [0.2, 0.25) is 0 Å². The van der Waals surface area contributed by atoms with Crippen molar-refractivity contribution in [3.05, 3.63) is 35.9 Å². The molecule has 43 heavy (non-hydrogen) atoms. The number of hydrogen-bond donors (Lipinski definition) is 1. The van der Waals surface area contributed by atoms with Crippen molar-refractivity contribution in [3.8, 4) is 0 Å². The molecule has 1 aliphatic carbocycles. The van der Waals surface area contributed by atoms with Gasteiger partial charge in [-0.1, -0.05) is 37.3 Å². The Labute approximate surface area is 1150 Å². The molecule has 1 saturated carbocycles. The van der Waals surface area contributed by atoms with Crippen LogP contribution in [0.3, 0.4) is 0 Å². The Balaban J connectivity index is -0.00000000389. The average Bonchev–Trinajstić information content (AvgIpc) is 2.87. The molecule has 0 aliphatic heterocycles. The zero-order chi connectivity index (χ0) is 16.5. The van der Waals surface area contributed by atoms with Gasteiger partial charge in [-0.2, -0.15) is 0 Å². The fraction of sp³-hybridized carbons (Fsp3) is 0.632. The van der Waals surface area contributed by atoms with E-state index in [-0.39, 0.29) is 1060 Å². The van der Waals surface area contributed by atoms with Gasteiger partial charge in [0.1, 0.15) is 0 Å². The van der Waals surface area contributed by atoms with Gasteiger partial charge in [0.05, 0.1) is 19.8 Å². The molecule has 0 heterocycles. The van der Waals surface area contributed by atoms with Crippen LogP contribution < -0.4 is 1030 Å². The Kier molecular flexibility index (Phi) is 310. The molecule has 1 amide bonds. The monoisotopic (exact) mass is 1120 g/mol. The molecule has 0 spiro atoms. The van der Waals surface area contributed by atoms with Gasteiger partial charge in [-0.05, 0) is 36.7 Å². The van der Waals surface area contributed by atoms with Crippen LogP contribution in [0.1, 0.15) is 60.3 Å². The molecule has 1 unspecified atom stereocenters. The summed E-state index contributed by atoms with van der Waals surface area (Å²) < 4.78 is 10.2. The molecular weight excluding hydrogens is 1070 g/mol. The minimum atomic E-state index is 0. The van der Waals surface area contributed by atoms with E-state index >= 15 is 0 Å². The van der Waals surface area contributed by atoms with E-state index in [1.807, 2.05) is 0 Å². The molecule has 0 bridgehead atoms. The van der Waals surface area contributed by atoms with Gasteiger partial charge in [0, 0.05) is 19.6 Å². The number of nitrogens with one attached hydrogen (secondary N) is 1. The van der Waals surface area contributed by atoms with Crippen LogP contribution in [-0.2, 0) is 20.7 Å². The van der Waals surface area contributed by atoms with Gasteiger partial charge in [0.2, 0.25) is 5.91 Å². The number of amides is 1. The van der Waals surface area contributed by atoms with Crippen molar-refractivity contribution < 1.29 is 1070 Å². The number of hydrogen-bond acceptors (Lipinski definition) is 3. The van der Waals surface area contributed by atoms with Gasteiger partial charge < -0.3 is 43.3 Å². The Hall–Kier alpha value is 31.3. The Morgan fingerprint density at radius 3 is 1.49 bits per heavy atom. The summed E-state index contributed by atoms with van der Waals surface area (Å²) in [6.07, 6.45) is 3.69. The zero-order valence-electron chi connectivity index (χ0n) is 54.3. The summed E-state index contributed by atoms with van der Waals surface area (Å²) >= 11 is 0. The SMILES string of the molecule is COCCOCCC(=O)N[C@@H]1CC(Cc2ccccc2)[C@H](C)C1.[H-].[H-].[H-].[H-].[H-].[H-].[H-].[H-].[H-].[H-].[H-].[H-].[H-].[H-].[H-].[H-].[H-].[H-].[H-].[H-].[K+].[K+].[K+].[K+].[K+].[K+].[K+].[K+].[K+].[K+].[K+].[K+].[K+].[K+].[K+].[K+].[K+].[K+].[K+].[K+]. The molecule has 0 aromatic heterocycles. The summed E-state index contributed by atoms with van der Waals surface area (Å²) in [6.45, 7) is 3.88. The molecule has 2 rings (SSSR count). The van der Waals surface area contributed by atoms with Crippen molar-refractivity contribution in [1.82, 2.24) is 5.32 Å². The first-order valence-corrected chi connectivity index (χ1v) is 8.59. The van der Waals surface area contributed by atoms with Crippen molar-refractivity contribution in [1.29, 1.82) is 0 Å². The number of ether oxygens (including phenoxy) is 2. The number of carbonyl (C=O) groups excluding carboxylic acids is 1. The largest absolute Gasteiger partial charge is 1.00 e. The van der Waals surface area contributed by atoms with Crippen LogP contribution in [0.15, 0.2) is 30.3 Å². The topological polar surface area (TPSA) is 47.6 Å². The molecule has 1 aromatic rings. The van der Waals surface area contributed by atoms with E-state index in [9.17, 15) is 4.79 Å². The fourth-order valence-corrected chi connectivity index (χ4v) is 3.36. The van der Waals surface area contributed by atoms with Crippen LogP contribution in [0.4, 0.5) is 0 Å². The molecule has 3 atom stereocenters. The molecule has 1 fully saturated rings. The number of benzene rings is 1. The van der Waals surface area contributed by atoms with Crippen LogP contribution in [0, 0.1) is 11.8 Å². The van der Waals surface area contributed by atoms with Crippen molar-refractivity contribution in [2.24, 2.45) is 11.8 Å². The van der Waals surface area contributed by atoms with Gasteiger partial charge in [0.15, 0.2) is 0 Å². The van der Waals surface area contributed by atoms with E-state index in [1.54, 1.807) is 7.11 Å². The first-order valence-electron chi connectivity index (χ1n) is 8.59. The molecular formula is C19H49K20NO3. The van der Waals surface area contributed by atoms with E-state index < -0.39 is 0 Å². The number of carbonyl (C=O) groups is 1. The van der Waals surface area contributed by atoms with Crippen molar-refractivity contribution in [2.45, 2.75) is 38.6 Å². The van der Waals surface area contributed by atoms with E-state index in [2.05, 4.69) is 42.6 Å². The molecule has 1 aromatic carbocycles. The molecule has 1 N–H and O–H groups in total. The van der Waals surface area contributed by atoms with Crippen molar-refractivity contribution >= 4 is 5.91 Å². The summed E-state index contributed by atoms with van der Waals surface area (Å²) in [7, 11) is 1.64. The predicted molar refractivity (Wildman–Crippen MR) is 114 cm³/mol. The Morgan fingerprint density at radius 1 is 0.674 bits per heavy atom. The normalized spacial score (nSPS) is 12.7. The van der Waals surface area contributed by atoms with Gasteiger partial charge >= 0.3 is 1030 Å². The fourth-order valence-electron chi connectivity index (χ4n) is 3.36. The predicted octanol–water partition coefficient (Wildman–Crippen LogP) is -54.9. The first kappa shape index (κ1) is 131. The molecule has 24 heteroatoms. The summed E-state index contributed by atoms with van der Waals surface area (Å²) in [5.74, 6) is 1.40. The molecule has 168 valence electrons. The summed E-state index contributed by atoms with van der Waals surface area (Å²) in [6, 6.07) is 10.9. The second-order valence-corrected chi connectivity index (χ2v) is 6.52. The zero-order valence-corrected chi connectivity index (χ0v) is 96.8. The van der Waals surface area contributed by atoms with Crippen molar-refractivity contribution in [2.75, 3.05) is 26.9 Å². The van der Waals surface area contributed by atoms with E-state index in [0.717, 1.165) is 19.3 Å². The average molecular weight is 1120 g/mol. The third-order valence-electron chi connectivity index (χ3n) is 4.66. The van der Waals surface area contributed by atoms with Crippen molar-refractivity contribution in [3.63, 3.8) is 0 Å². The first-order chi connectivity index (χ1) is 11.2. The minimum Gasteiger partial charge on any atom is -1.00 e. The van der Waals surface area contributed by atoms with E-state index in [4.69, 9.17) is 9.47 Å². The van der Waals surface area contributed by atoms with Crippen LogP contribution in [0.5, 0.6) is 0 Å². The van der Waals surface area contributed by atoms with E-state index in [0.29, 0.717) is 44.1 Å². The van der Waals surface area contributed by atoms with Crippen LogP contribution in [0.25, 0.3) is 0 Å². The molecule has 4 nitrogen and oxygen atoms in total. The minimum absolute atomic E-state index is 0. The quantitative estimate of drug-likeness (QED) is 0.198. The second-order valence-electron chi connectivity index (χ2n) is 6.52. The summed E-state index contributed by atoms with van der Waals surface area (Å²) in [4.78, 5) is 12.0. The van der Waals surface area contributed by atoms with Crippen LogP contribution >= 0.6 is 0 Å². The molecule has 0 radical (unpaired) electrons. The molecule has 0 saturated heterocycles. The number of rotatable bonds is 9. The Bertz CT molecular complexity index is 563. The summed E-state index contributed by atoms with van der Waals surface area (Å²) in [5.41, 5.74) is 1.39. The maximum atomic E-state index is 12.0. The third kappa shape index (κ3) is 84.8. The van der Waals surface area contributed by atoms with E-state index in [1.165, 1.54) is 5.56 Å². The molecule has 1 aliphatic rings. The third-order valence-corrected chi connectivity index (χ3v) is 4.66. The van der Waals surface area contributed by atoms with Gasteiger partial charge in [-0.25, -0.2) is 0 Å². The summed E-state index contributed by atoms with van der Waals surface area (Å²) in [5, 5.41) is 3.17. The second kappa shape index (κ2) is 102. The Morgan fingerprint density at radius 2 is 1.09 bits per heavy atom. The number of methoxy groups -OCH3 is 1. The smallest absolute Gasteiger partial charge is 1.00 e. The maximum absolute atomic E-state index is 12.0. The standard InChI is InChI=1S/C19H29NO3.20K.20H/c1-15-12-18(20-19(21)8-9-23-11-10-22-2)14-17(15)13-16-6-4-3-5-7-16;;;;;;;;;;;;;;;;;;;;;;;;;;;;;;;;;;;;;;;;/h3-7,15,17-18H,8-14H2,1-2H3,(H,20,21);;;;;;;;;;;;;;;;;;;;;;;;;;;;;;;;;;;;;;;;/q;20*+1;20*-1/t15-,17?,18+;;;;;;;;;;;;;;;;;;;;;;;;;;;;;;;;;;;;;;;;/m1......................................../s1. The maximum Gasteiger partial charge on any atom is 1.00 e. The van der Waals surface area contributed by atoms with Crippen LogP contribution in [-0.4, -0.2) is 38.9 Å².